The maximum absolute atomic E-state index is 12.0. The Balaban J connectivity index is 1.51. The second kappa shape index (κ2) is 11.1. The number of hydrogen-bond donors (Lipinski definition) is 3. The van der Waals surface area contributed by atoms with Crippen LogP contribution in [0.25, 0.3) is 11.2 Å². The van der Waals surface area contributed by atoms with E-state index < -0.39 is 23.6 Å². The number of fused-ring (bicyclic) bond motifs is 1. The molecule has 0 saturated heterocycles. The molecule has 12 heteroatoms. The van der Waals surface area contributed by atoms with Gasteiger partial charge in [0.1, 0.15) is 6.33 Å². The summed E-state index contributed by atoms with van der Waals surface area (Å²) in [7, 11) is 0. The number of imidazole rings is 1. The van der Waals surface area contributed by atoms with E-state index in [1.54, 1.807) is 17.0 Å². The Labute approximate surface area is 177 Å². The Morgan fingerprint density at radius 2 is 2.00 bits per heavy atom. The van der Waals surface area contributed by atoms with E-state index in [2.05, 4.69) is 30.3 Å². The molecular formula is C18H26N7O4S-. The number of amides is 1. The van der Waals surface area contributed by atoms with E-state index in [-0.39, 0.29) is 5.91 Å². The second-order valence-corrected chi connectivity index (χ2v) is 7.50. The highest BCUT2D eigenvalue weighted by Crippen LogP contribution is 2.26. The molecule has 11 nitrogen and oxygen atoms in total. The average molecular weight is 437 g/mol. The summed E-state index contributed by atoms with van der Waals surface area (Å²) in [5.74, 6) is 0.471. The van der Waals surface area contributed by atoms with Crippen LogP contribution in [0.15, 0.2) is 24.8 Å². The predicted molar refractivity (Wildman–Crippen MR) is 111 cm³/mol. The van der Waals surface area contributed by atoms with Crippen molar-refractivity contribution in [2.75, 3.05) is 25.0 Å². The molecule has 0 bridgehead atoms. The van der Waals surface area contributed by atoms with Crippen molar-refractivity contribution in [3.63, 3.8) is 0 Å². The maximum atomic E-state index is 12.0. The first-order chi connectivity index (χ1) is 14.6. The lowest BCUT2D eigenvalue weighted by Gasteiger charge is -2.15. The summed E-state index contributed by atoms with van der Waals surface area (Å²) in [6.45, 7) is 3.59. The van der Waals surface area contributed by atoms with Gasteiger partial charge in [-0.25, -0.2) is 19.7 Å². The molecular weight excluding hydrogens is 410 g/mol. The summed E-state index contributed by atoms with van der Waals surface area (Å²) in [5.41, 5.74) is 1.26. The fraction of sp³-hybridized carbons (Fsp3) is 0.556. The van der Waals surface area contributed by atoms with Crippen molar-refractivity contribution in [1.82, 2.24) is 29.6 Å². The minimum atomic E-state index is -2.19. The van der Waals surface area contributed by atoms with Crippen LogP contribution in [0.5, 0.6) is 0 Å². The number of ether oxygens (including phenoxy) is 1. The van der Waals surface area contributed by atoms with Gasteiger partial charge >= 0.3 is 0 Å². The molecule has 2 aromatic rings. The first-order valence-corrected chi connectivity index (χ1v) is 11.0. The highest BCUT2D eigenvalue weighted by atomic mass is 32.2. The summed E-state index contributed by atoms with van der Waals surface area (Å²) < 4.78 is 30.7. The molecule has 164 valence electrons. The van der Waals surface area contributed by atoms with Crippen LogP contribution in [-0.4, -0.2) is 59.9 Å². The molecule has 0 radical (unpaired) electrons. The van der Waals surface area contributed by atoms with Crippen LogP contribution in [0.1, 0.15) is 38.8 Å². The standard InChI is InChI=1S/C18H27N7O4S/c1-2-19-18(26)13-7-8-14(29-13)25-12-23-15-16(21-11-22-17(15)25)20-9-5-3-4-6-10-24-30(27)28/h7-8,11-14,24H,2-6,9-10H2,1H3,(H,19,26)(H,27,28)(H,20,21,22)/p-1/t13-,14+/m0/s1. The summed E-state index contributed by atoms with van der Waals surface area (Å²) in [6, 6.07) is 0. The number of likely N-dealkylation sites (N-methyl/N-ethyl adjacent to an activating group) is 1. The lowest BCUT2D eigenvalue weighted by atomic mass is 10.2. The largest absolute Gasteiger partial charge is 0.760 e. The van der Waals surface area contributed by atoms with Crippen LogP contribution < -0.4 is 15.4 Å². The summed E-state index contributed by atoms with van der Waals surface area (Å²) in [6.07, 6.45) is 9.21. The third-order valence-electron chi connectivity index (χ3n) is 4.59. The number of hydrogen-bond acceptors (Lipinski definition) is 8. The number of carbonyl (C=O) groups is 1. The molecule has 0 spiro atoms. The molecule has 1 aliphatic heterocycles. The molecule has 3 heterocycles. The van der Waals surface area contributed by atoms with Gasteiger partial charge in [0, 0.05) is 30.9 Å². The van der Waals surface area contributed by atoms with Crippen LogP contribution in [0.4, 0.5) is 5.82 Å². The van der Waals surface area contributed by atoms with Crippen molar-refractivity contribution in [2.24, 2.45) is 0 Å². The van der Waals surface area contributed by atoms with Gasteiger partial charge in [0.25, 0.3) is 5.91 Å². The van der Waals surface area contributed by atoms with Gasteiger partial charge in [-0.2, -0.15) is 0 Å². The first-order valence-electron chi connectivity index (χ1n) is 9.95. The number of anilines is 1. The Morgan fingerprint density at radius 3 is 2.77 bits per heavy atom. The monoisotopic (exact) mass is 436 g/mol. The Bertz CT molecular complexity index is 904. The quantitative estimate of drug-likeness (QED) is 0.251. The zero-order chi connectivity index (χ0) is 21.3. The van der Waals surface area contributed by atoms with Crippen LogP contribution in [0.3, 0.4) is 0 Å². The topological polar surface area (TPSA) is 146 Å². The smallest absolute Gasteiger partial charge is 0.253 e. The molecule has 30 heavy (non-hydrogen) atoms. The highest BCUT2D eigenvalue weighted by molar-refractivity contribution is 7.77. The number of nitrogens with one attached hydrogen (secondary N) is 3. The van der Waals surface area contributed by atoms with Crippen molar-refractivity contribution < 1.29 is 18.3 Å². The van der Waals surface area contributed by atoms with Crippen LogP contribution >= 0.6 is 0 Å². The van der Waals surface area contributed by atoms with Gasteiger partial charge in [0.2, 0.25) is 0 Å². The maximum Gasteiger partial charge on any atom is 0.253 e. The summed E-state index contributed by atoms with van der Waals surface area (Å²) >= 11 is -2.19. The molecule has 2 aromatic heterocycles. The van der Waals surface area contributed by atoms with Gasteiger partial charge in [-0.3, -0.25) is 13.6 Å². The predicted octanol–water partition coefficient (Wildman–Crippen LogP) is 0.772. The van der Waals surface area contributed by atoms with Gasteiger partial charge in [-0.1, -0.05) is 12.8 Å². The van der Waals surface area contributed by atoms with Crippen LogP contribution in [0.2, 0.25) is 0 Å². The van der Waals surface area contributed by atoms with E-state index in [9.17, 15) is 13.6 Å². The molecule has 3 atom stereocenters. The Morgan fingerprint density at radius 1 is 1.20 bits per heavy atom. The first kappa shape index (κ1) is 22.3. The Hall–Kier alpha value is -2.41. The highest BCUT2D eigenvalue weighted by Gasteiger charge is 2.27. The lowest BCUT2D eigenvalue weighted by Crippen LogP contribution is -2.34. The average Bonchev–Trinajstić information content (AvgIpc) is 3.37. The van der Waals surface area contributed by atoms with Gasteiger partial charge < -0.3 is 19.9 Å². The SMILES string of the molecule is CCNC(=O)[C@@H]1C=C[C@H](n2cnc3c(NCCCCCCNS(=O)[O-])ncnc32)O1. The van der Waals surface area contributed by atoms with Gasteiger partial charge in [0.15, 0.2) is 29.3 Å². The van der Waals surface area contributed by atoms with Crippen molar-refractivity contribution in [3.8, 4) is 0 Å². The van der Waals surface area contributed by atoms with E-state index in [1.165, 1.54) is 6.33 Å². The van der Waals surface area contributed by atoms with Gasteiger partial charge in [0.05, 0.1) is 6.33 Å². The Kier molecular flexibility index (Phi) is 8.25. The molecule has 3 rings (SSSR count). The number of rotatable bonds is 12. The molecule has 0 aromatic carbocycles. The summed E-state index contributed by atoms with van der Waals surface area (Å²) in [4.78, 5) is 25.0. The van der Waals surface area contributed by atoms with Crippen LogP contribution in [0, 0.1) is 0 Å². The van der Waals surface area contributed by atoms with E-state index in [0.29, 0.717) is 30.1 Å². The molecule has 1 unspecified atom stereocenters. The van der Waals surface area contributed by atoms with Gasteiger partial charge in [-0.05, 0) is 31.9 Å². The fourth-order valence-corrected chi connectivity index (χ4v) is 3.46. The number of nitrogens with zero attached hydrogens (tertiary/aromatic N) is 4. The molecule has 0 aliphatic carbocycles. The van der Waals surface area contributed by atoms with Crippen molar-refractivity contribution >= 4 is 34.2 Å². The zero-order valence-electron chi connectivity index (χ0n) is 16.7. The van der Waals surface area contributed by atoms with E-state index in [4.69, 9.17) is 4.74 Å². The second-order valence-electron chi connectivity index (χ2n) is 6.74. The van der Waals surface area contributed by atoms with Crippen LogP contribution in [-0.2, 0) is 20.8 Å². The number of carbonyl (C=O) groups excluding carboxylic acids is 1. The molecule has 1 amide bonds. The fourth-order valence-electron chi connectivity index (χ4n) is 3.15. The molecule has 3 N–H and O–H groups in total. The van der Waals surface area contributed by atoms with E-state index in [0.717, 1.165) is 32.2 Å². The van der Waals surface area contributed by atoms with Crippen molar-refractivity contribution in [3.05, 3.63) is 24.8 Å². The molecule has 1 aliphatic rings. The third-order valence-corrected chi connectivity index (χ3v) is 5.03. The zero-order valence-corrected chi connectivity index (χ0v) is 17.6. The van der Waals surface area contributed by atoms with E-state index in [1.807, 2.05) is 13.0 Å². The molecule has 0 saturated carbocycles. The normalized spacial score (nSPS) is 19.3. The van der Waals surface area contributed by atoms with Gasteiger partial charge in [-0.15, -0.1) is 0 Å². The van der Waals surface area contributed by atoms with E-state index >= 15 is 0 Å². The molecule has 0 fully saturated rings. The lowest BCUT2D eigenvalue weighted by molar-refractivity contribution is -0.132. The third kappa shape index (κ3) is 5.81. The number of unbranched alkanes of at least 4 members (excludes halogenated alkanes) is 3. The number of aromatic nitrogens is 4. The minimum absolute atomic E-state index is 0.172. The summed E-state index contributed by atoms with van der Waals surface area (Å²) in [5, 5.41) is 6.02. The minimum Gasteiger partial charge on any atom is -0.760 e. The van der Waals surface area contributed by atoms with Crippen molar-refractivity contribution in [1.29, 1.82) is 0 Å². The van der Waals surface area contributed by atoms with Crippen molar-refractivity contribution in [2.45, 2.75) is 44.9 Å².